The molecule has 1 radical (unpaired) electrons. The lowest BCUT2D eigenvalue weighted by atomic mass is 10.1. The first-order valence-corrected chi connectivity index (χ1v) is 5.02. The second-order valence-corrected chi connectivity index (χ2v) is 3.71. The number of halogens is 2. The van der Waals surface area contributed by atoms with Gasteiger partial charge in [0, 0.05) is 19.3 Å². The second kappa shape index (κ2) is 4.13. The summed E-state index contributed by atoms with van der Waals surface area (Å²) in [6.45, 7) is 1.67. The monoisotopic (exact) mass is 213 g/mol. The lowest BCUT2D eigenvalue weighted by Crippen LogP contribution is -2.30. The molecule has 1 aliphatic heterocycles. The van der Waals surface area contributed by atoms with E-state index >= 15 is 0 Å². The van der Waals surface area contributed by atoms with Gasteiger partial charge >= 0.3 is 0 Å². The molecular formula is C10H11ClFN2. The topological polar surface area (TPSA) is 16.1 Å². The van der Waals surface area contributed by atoms with Gasteiger partial charge in [0.2, 0.25) is 0 Å². The van der Waals surface area contributed by atoms with Crippen molar-refractivity contribution in [2.24, 2.45) is 0 Å². The highest BCUT2D eigenvalue weighted by molar-refractivity contribution is 6.33. The van der Waals surface area contributed by atoms with E-state index in [-0.39, 0.29) is 5.82 Å². The standard InChI is InChI=1S/C10H11ClFN2/c11-8-6-13-7-9(12)10(8)14-4-2-1-3-5-14/h1,6-7H,2-5H2. The molecule has 0 amide bonds. The van der Waals surface area contributed by atoms with Gasteiger partial charge in [-0.05, 0) is 19.3 Å². The normalized spacial score (nSPS) is 17.1. The van der Waals surface area contributed by atoms with Gasteiger partial charge in [-0.2, -0.15) is 0 Å². The van der Waals surface area contributed by atoms with E-state index in [4.69, 9.17) is 11.6 Å². The Morgan fingerprint density at radius 1 is 1.29 bits per heavy atom. The molecule has 4 heteroatoms. The van der Waals surface area contributed by atoms with E-state index < -0.39 is 0 Å². The summed E-state index contributed by atoms with van der Waals surface area (Å²) >= 11 is 5.91. The Balaban J connectivity index is 2.29. The minimum Gasteiger partial charge on any atom is -0.368 e. The molecule has 1 aromatic rings. The van der Waals surface area contributed by atoms with Crippen molar-refractivity contribution < 1.29 is 4.39 Å². The first-order chi connectivity index (χ1) is 6.79. The molecule has 0 unspecified atom stereocenters. The quantitative estimate of drug-likeness (QED) is 0.713. The fourth-order valence-corrected chi connectivity index (χ4v) is 1.95. The van der Waals surface area contributed by atoms with Crippen molar-refractivity contribution >= 4 is 17.3 Å². The van der Waals surface area contributed by atoms with Crippen LogP contribution in [0, 0.1) is 12.2 Å². The van der Waals surface area contributed by atoms with Crippen molar-refractivity contribution in [1.82, 2.24) is 4.98 Å². The lowest BCUT2D eigenvalue weighted by Gasteiger charge is -2.29. The van der Waals surface area contributed by atoms with E-state index in [2.05, 4.69) is 11.4 Å². The van der Waals surface area contributed by atoms with E-state index in [1.807, 2.05) is 4.90 Å². The number of piperidine rings is 1. The predicted molar refractivity (Wildman–Crippen MR) is 55.0 cm³/mol. The fraction of sp³-hybridized carbons (Fsp3) is 0.400. The molecule has 2 nitrogen and oxygen atoms in total. The smallest absolute Gasteiger partial charge is 0.166 e. The molecule has 1 saturated heterocycles. The lowest BCUT2D eigenvalue weighted by molar-refractivity contribution is 0.598. The number of nitrogens with zero attached hydrogens (tertiary/aromatic N) is 2. The number of pyridine rings is 1. The van der Waals surface area contributed by atoms with Crippen LogP contribution in [0.2, 0.25) is 5.02 Å². The van der Waals surface area contributed by atoms with Gasteiger partial charge in [-0.1, -0.05) is 11.6 Å². The van der Waals surface area contributed by atoms with Crippen molar-refractivity contribution in [3.8, 4) is 0 Å². The van der Waals surface area contributed by atoms with Crippen molar-refractivity contribution in [3.05, 3.63) is 29.7 Å². The van der Waals surface area contributed by atoms with Gasteiger partial charge in [0.1, 0.15) is 0 Å². The van der Waals surface area contributed by atoms with Crippen LogP contribution in [-0.4, -0.2) is 18.1 Å². The Bertz CT molecular complexity index is 304. The number of hydrogen-bond donors (Lipinski definition) is 0. The third-order valence-electron chi connectivity index (χ3n) is 2.35. The highest BCUT2D eigenvalue weighted by Crippen LogP contribution is 2.29. The molecule has 1 aromatic heterocycles. The molecule has 1 aliphatic rings. The molecule has 0 bridgehead atoms. The Morgan fingerprint density at radius 2 is 2.00 bits per heavy atom. The van der Waals surface area contributed by atoms with E-state index in [9.17, 15) is 4.39 Å². The molecule has 2 rings (SSSR count). The molecular weight excluding hydrogens is 203 g/mol. The molecule has 14 heavy (non-hydrogen) atoms. The summed E-state index contributed by atoms with van der Waals surface area (Å²) in [6.07, 6.45) is 6.87. The Labute approximate surface area is 87.7 Å². The molecule has 0 aliphatic carbocycles. The maximum atomic E-state index is 13.4. The van der Waals surface area contributed by atoms with Crippen LogP contribution in [0.3, 0.4) is 0 Å². The summed E-state index contributed by atoms with van der Waals surface area (Å²) in [5, 5.41) is 0.395. The Morgan fingerprint density at radius 3 is 2.64 bits per heavy atom. The van der Waals surface area contributed by atoms with Crippen LogP contribution in [0.1, 0.15) is 12.8 Å². The van der Waals surface area contributed by atoms with Gasteiger partial charge < -0.3 is 4.90 Å². The number of hydrogen-bond acceptors (Lipinski definition) is 2. The highest BCUT2D eigenvalue weighted by atomic mass is 35.5. The summed E-state index contributed by atoms with van der Waals surface area (Å²) in [5.41, 5.74) is 0.495. The largest absolute Gasteiger partial charge is 0.368 e. The number of aromatic nitrogens is 1. The SMILES string of the molecule is Fc1cncc(Cl)c1N1CC[CH]CC1. The van der Waals surface area contributed by atoms with Crippen LogP contribution in [0.4, 0.5) is 10.1 Å². The predicted octanol–water partition coefficient (Wildman–Crippen LogP) is 2.68. The molecule has 2 heterocycles. The molecule has 0 spiro atoms. The maximum Gasteiger partial charge on any atom is 0.166 e. The van der Waals surface area contributed by atoms with Crippen LogP contribution in [0.5, 0.6) is 0 Å². The van der Waals surface area contributed by atoms with Crippen LogP contribution in [-0.2, 0) is 0 Å². The zero-order chi connectivity index (χ0) is 9.97. The van der Waals surface area contributed by atoms with Crippen molar-refractivity contribution in [2.75, 3.05) is 18.0 Å². The molecule has 75 valence electrons. The summed E-state index contributed by atoms with van der Waals surface area (Å²) < 4.78 is 13.4. The van der Waals surface area contributed by atoms with Gasteiger partial charge in [-0.3, -0.25) is 4.98 Å². The van der Waals surface area contributed by atoms with E-state index in [1.165, 1.54) is 12.4 Å². The highest BCUT2D eigenvalue weighted by Gasteiger charge is 2.17. The van der Waals surface area contributed by atoms with Crippen molar-refractivity contribution in [1.29, 1.82) is 0 Å². The first-order valence-electron chi connectivity index (χ1n) is 4.64. The van der Waals surface area contributed by atoms with E-state index in [0.29, 0.717) is 10.7 Å². The number of anilines is 1. The van der Waals surface area contributed by atoms with Crippen LogP contribution < -0.4 is 4.90 Å². The van der Waals surface area contributed by atoms with E-state index in [1.54, 1.807) is 0 Å². The Hall–Kier alpha value is -0.830. The van der Waals surface area contributed by atoms with Crippen LogP contribution in [0.25, 0.3) is 0 Å². The second-order valence-electron chi connectivity index (χ2n) is 3.30. The maximum absolute atomic E-state index is 13.4. The summed E-state index contributed by atoms with van der Waals surface area (Å²) in [6, 6.07) is 0. The summed E-state index contributed by atoms with van der Waals surface area (Å²) in [4.78, 5) is 5.67. The molecule has 0 atom stereocenters. The fourth-order valence-electron chi connectivity index (χ4n) is 1.68. The van der Waals surface area contributed by atoms with Crippen LogP contribution in [0.15, 0.2) is 12.4 Å². The van der Waals surface area contributed by atoms with Gasteiger partial charge in [0.15, 0.2) is 5.82 Å². The van der Waals surface area contributed by atoms with Gasteiger partial charge in [-0.15, -0.1) is 0 Å². The average molecular weight is 214 g/mol. The Kier molecular flexibility index (Phi) is 2.87. The van der Waals surface area contributed by atoms with Crippen LogP contribution >= 0.6 is 11.6 Å². The molecule has 0 saturated carbocycles. The number of rotatable bonds is 1. The summed E-state index contributed by atoms with van der Waals surface area (Å²) in [5.74, 6) is -0.334. The van der Waals surface area contributed by atoms with Crippen molar-refractivity contribution in [3.63, 3.8) is 0 Å². The minimum absolute atomic E-state index is 0.334. The first kappa shape index (κ1) is 9.71. The average Bonchev–Trinajstić information content (AvgIpc) is 2.19. The summed E-state index contributed by atoms with van der Waals surface area (Å²) in [7, 11) is 0. The molecule has 0 N–H and O–H groups in total. The minimum atomic E-state index is -0.334. The van der Waals surface area contributed by atoms with Gasteiger partial charge in [0.25, 0.3) is 0 Å². The van der Waals surface area contributed by atoms with E-state index in [0.717, 1.165) is 25.9 Å². The third kappa shape index (κ3) is 1.82. The van der Waals surface area contributed by atoms with Crippen molar-refractivity contribution in [2.45, 2.75) is 12.8 Å². The van der Waals surface area contributed by atoms with Gasteiger partial charge in [-0.25, -0.2) is 4.39 Å². The molecule has 1 fully saturated rings. The van der Waals surface area contributed by atoms with Gasteiger partial charge in [0.05, 0.1) is 16.9 Å². The zero-order valence-corrected chi connectivity index (χ0v) is 8.47. The third-order valence-corrected chi connectivity index (χ3v) is 2.63. The molecule has 0 aromatic carbocycles. The zero-order valence-electron chi connectivity index (χ0n) is 7.71.